The third-order valence-corrected chi connectivity index (χ3v) is 2.75. The van der Waals surface area contributed by atoms with Gasteiger partial charge in [-0.15, -0.1) is 0 Å². The predicted octanol–water partition coefficient (Wildman–Crippen LogP) is 2.61. The Morgan fingerprint density at radius 3 is 2.30 bits per heavy atom. The van der Waals surface area contributed by atoms with Gasteiger partial charge in [-0.05, 0) is 38.7 Å². The summed E-state index contributed by atoms with van der Waals surface area (Å²) >= 11 is 0. The summed E-state index contributed by atoms with van der Waals surface area (Å²) in [5.41, 5.74) is -1.42. The van der Waals surface area contributed by atoms with Crippen LogP contribution in [0.25, 0.3) is 0 Å². The molecule has 0 saturated carbocycles. The van der Waals surface area contributed by atoms with Crippen LogP contribution in [-0.2, 0) is 19.1 Å². The van der Waals surface area contributed by atoms with E-state index < -0.39 is 17.4 Å². The topological polar surface area (TPSA) is 76.4 Å². The monoisotopic (exact) mass is 281 g/mol. The molecule has 0 spiro atoms. The van der Waals surface area contributed by atoms with E-state index in [1.54, 1.807) is 13.8 Å². The predicted molar refractivity (Wildman–Crippen MR) is 74.5 cm³/mol. The highest BCUT2D eigenvalue weighted by Gasteiger charge is 2.37. The Balaban J connectivity index is 5.15. The van der Waals surface area contributed by atoms with Crippen molar-refractivity contribution in [2.24, 2.45) is 11.3 Å². The highest BCUT2D eigenvalue weighted by atomic mass is 16.5. The maximum atomic E-state index is 12.0. The zero-order valence-corrected chi connectivity index (χ0v) is 12.6. The van der Waals surface area contributed by atoms with Crippen molar-refractivity contribution in [3.63, 3.8) is 0 Å². The minimum atomic E-state index is -1.42. The first-order valence-corrected chi connectivity index (χ1v) is 6.86. The molecule has 0 aromatic carbocycles. The second-order valence-electron chi connectivity index (χ2n) is 4.82. The maximum Gasteiger partial charge on any atom is 0.330 e. The fraction of sp³-hybridized carbons (Fsp3) is 0.667. The lowest BCUT2D eigenvalue weighted by molar-refractivity contribution is -0.150. The van der Waals surface area contributed by atoms with Crippen LogP contribution in [0.15, 0.2) is 12.2 Å². The minimum Gasteiger partial charge on any atom is -0.465 e. The van der Waals surface area contributed by atoms with Crippen LogP contribution in [0, 0.1) is 22.7 Å². The molecule has 20 heavy (non-hydrogen) atoms. The molecule has 0 saturated heterocycles. The van der Waals surface area contributed by atoms with Crippen LogP contribution in [0.3, 0.4) is 0 Å². The molecule has 1 unspecified atom stereocenters. The van der Waals surface area contributed by atoms with Crippen LogP contribution in [0.2, 0.25) is 0 Å². The SMILES string of the molecule is CCOC(=O)/C=C/C(C#N)(CCC(C)C)C(=O)OCC. The van der Waals surface area contributed by atoms with Gasteiger partial charge >= 0.3 is 11.9 Å². The normalized spacial score (nSPS) is 13.8. The molecular formula is C15H23NO4. The van der Waals surface area contributed by atoms with Gasteiger partial charge < -0.3 is 9.47 Å². The number of carbonyl (C=O) groups is 2. The molecule has 0 aliphatic carbocycles. The molecule has 1 atom stereocenters. The first-order chi connectivity index (χ1) is 9.41. The van der Waals surface area contributed by atoms with Crippen LogP contribution in [0.4, 0.5) is 0 Å². The number of nitriles is 1. The standard InChI is InChI=1S/C15H23NO4/c1-5-19-13(17)8-10-15(11-16,9-7-12(3)4)14(18)20-6-2/h8,10,12H,5-7,9H2,1-4H3/b10-8+. The van der Waals surface area contributed by atoms with Crippen molar-refractivity contribution in [2.45, 2.75) is 40.5 Å². The van der Waals surface area contributed by atoms with Crippen molar-refractivity contribution in [3.8, 4) is 6.07 Å². The van der Waals surface area contributed by atoms with Gasteiger partial charge in [0.2, 0.25) is 0 Å². The summed E-state index contributed by atoms with van der Waals surface area (Å²) in [6.45, 7) is 7.81. The molecule has 0 rings (SSSR count). The third-order valence-electron chi connectivity index (χ3n) is 2.75. The van der Waals surface area contributed by atoms with E-state index in [1.807, 2.05) is 19.9 Å². The molecule has 0 aromatic heterocycles. The molecule has 0 aromatic rings. The zero-order valence-electron chi connectivity index (χ0n) is 12.6. The molecule has 0 bridgehead atoms. The molecule has 0 aliphatic rings. The molecule has 0 aliphatic heterocycles. The number of hydrogen-bond acceptors (Lipinski definition) is 5. The fourth-order valence-corrected chi connectivity index (χ4v) is 1.57. The smallest absolute Gasteiger partial charge is 0.330 e. The Morgan fingerprint density at radius 1 is 1.25 bits per heavy atom. The Labute approximate surface area is 120 Å². The molecule has 0 radical (unpaired) electrons. The highest BCUT2D eigenvalue weighted by Crippen LogP contribution is 2.29. The maximum absolute atomic E-state index is 12.0. The van der Waals surface area contributed by atoms with E-state index in [4.69, 9.17) is 9.47 Å². The molecule has 0 fully saturated rings. The first-order valence-electron chi connectivity index (χ1n) is 6.86. The van der Waals surface area contributed by atoms with Gasteiger partial charge in [-0.2, -0.15) is 5.26 Å². The zero-order chi connectivity index (χ0) is 15.6. The summed E-state index contributed by atoms with van der Waals surface area (Å²) in [4.78, 5) is 23.4. The van der Waals surface area contributed by atoms with E-state index in [1.165, 1.54) is 6.08 Å². The Hall–Kier alpha value is -1.83. The van der Waals surface area contributed by atoms with Gasteiger partial charge in [-0.25, -0.2) is 9.59 Å². The number of rotatable bonds is 8. The largest absolute Gasteiger partial charge is 0.465 e. The van der Waals surface area contributed by atoms with Crippen LogP contribution in [0.1, 0.15) is 40.5 Å². The fourth-order valence-electron chi connectivity index (χ4n) is 1.57. The summed E-state index contributed by atoms with van der Waals surface area (Å²) in [6, 6.07) is 1.98. The molecule has 5 heteroatoms. The van der Waals surface area contributed by atoms with Gasteiger partial charge in [0.25, 0.3) is 0 Å². The van der Waals surface area contributed by atoms with Crippen LogP contribution >= 0.6 is 0 Å². The van der Waals surface area contributed by atoms with Gasteiger partial charge in [0.1, 0.15) is 0 Å². The van der Waals surface area contributed by atoms with E-state index >= 15 is 0 Å². The lowest BCUT2D eigenvalue weighted by Crippen LogP contribution is -2.30. The summed E-state index contributed by atoms with van der Waals surface area (Å²) in [6.07, 6.45) is 3.42. The average Bonchev–Trinajstić information content (AvgIpc) is 2.40. The second-order valence-corrected chi connectivity index (χ2v) is 4.82. The first kappa shape index (κ1) is 18.2. The molecule has 112 valence electrons. The number of esters is 2. The Bertz CT molecular complexity index is 395. The summed E-state index contributed by atoms with van der Waals surface area (Å²) in [7, 11) is 0. The van der Waals surface area contributed by atoms with Crippen molar-refractivity contribution in [3.05, 3.63) is 12.2 Å². The summed E-state index contributed by atoms with van der Waals surface area (Å²) in [5.74, 6) is -0.849. The number of hydrogen-bond donors (Lipinski definition) is 0. The molecular weight excluding hydrogens is 258 g/mol. The minimum absolute atomic E-state index is 0.192. The molecule has 0 N–H and O–H groups in total. The molecule has 0 heterocycles. The summed E-state index contributed by atoms with van der Waals surface area (Å²) in [5, 5.41) is 9.38. The van der Waals surface area contributed by atoms with E-state index in [-0.39, 0.29) is 13.2 Å². The van der Waals surface area contributed by atoms with Crippen molar-refractivity contribution in [1.29, 1.82) is 5.26 Å². The van der Waals surface area contributed by atoms with Crippen molar-refractivity contribution in [2.75, 3.05) is 13.2 Å². The van der Waals surface area contributed by atoms with Crippen molar-refractivity contribution < 1.29 is 19.1 Å². The van der Waals surface area contributed by atoms with Gasteiger partial charge in [-0.3, -0.25) is 0 Å². The van der Waals surface area contributed by atoms with Gasteiger partial charge in [0.15, 0.2) is 5.41 Å². The Morgan fingerprint density at radius 2 is 1.85 bits per heavy atom. The van der Waals surface area contributed by atoms with Gasteiger partial charge in [0.05, 0.1) is 19.3 Å². The summed E-state index contributed by atoms with van der Waals surface area (Å²) < 4.78 is 9.72. The molecule has 0 amide bonds. The van der Waals surface area contributed by atoms with Crippen LogP contribution < -0.4 is 0 Å². The third kappa shape index (κ3) is 5.87. The lowest BCUT2D eigenvalue weighted by Gasteiger charge is -2.21. The van der Waals surface area contributed by atoms with E-state index in [0.717, 1.165) is 6.08 Å². The van der Waals surface area contributed by atoms with Crippen molar-refractivity contribution in [1.82, 2.24) is 0 Å². The van der Waals surface area contributed by atoms with Crippen molar-refractivity contribution >= 4 is 11.9 Å². The number of carbonyl (C=O) groups excluding carboxylic acids is 2. The van der Waals surface area contributed by atoms with E-state index in [0.29, 0.717) is 18.8 Å². The Kier molecular flexibility index (Phi) is 8.30. The number of nitrogens with zero attached hydrogens (tertiary/aromatic N) is 1. The lowest BCUT2D eigenvalue weighted by atomic mass is 9.82. The van der Waals surface area contributed by atoms with Gasteiger partial charge in [0, 0.05) is 6.08 Å². The quantitative estimate of drug-likeness (QED) is 0.505. The van der Waals surface area contributed by atoms with Crippen LogP contribution in [-0.4, -0.2) is 25.2 Å². The second kappa shape index (κ2) is 9.13. The highest BCUT2D eigenvalue weighted by molar-refractivity contribution is 5.87. The van der Waals surface area contributed by atoms with E-state index in [2.05, 4.69) is 0 Å². The van der Waals surface area contributed by atoms with Gasteiger partial charge in [-0.1, -0.05) is 13.8 Å². The number of ether oxygens (including phenoxy) is 2. The average molecular weight is 281 g/mol. The van der Waals surface area contributed by atoms with E-state index in [9.17, 15) is 14.9 Å². The van der Waals surface area contributed by atoms with Crippen LogP contribution in [0.5, 0.6) is 0 Å². The molecule has 5 nitrogen and oxygen atoms in total.